The van der Waals surface area contributed by atoms with Crippen LogP contribution in [0.4, 0.5) is 5.82 Å². The first-order valence-electron chi connectivity index (χ1n) is 8.88. The first kappa shape index (κ1) is 17.0. The smallest absolute Gasteiger partial charge is 0.128 e. The van der Waals surface area contributed by atoms with Gasteiger partial charge in [0.1, 0.15) is 5.82 Å². The number of hydrogen-bond acceptors (Lipinski definition) is 6. The third-order valence-electron chi connectivity index (χ3n) is 5.61. The number of nitrogens with two attached hydrogens (primary N) is 2. The number of pyridine rings is 1. The Hall–Kier alpha value is -1.47. The summed E-state index contributed by atoms with van der Waals surface area (Å²) in [5.74, 6) is 1.39. The van der Waals surface area contributed by atoms with Crippen LogP contribution in [0.5, 0.6) is 0 Å². The van der Waals surface area contributed by atoms with Crippen LogP contribution in [0.1, 0.15) is 27.6 Å². The van der Waals surface area contributed by atoms with Gasteiger partial charge in [0.25, 0.3) is 0 Å². The van der Waals surface area contributed by atoms with Crippen molar-refractivity contribution < 1.29 is 4.74 Å². The SMILES string of the molecule is CO[C@H]1CN(c2ccc3c(n2)CC(N)C(c2sccc2C)C3)C[C@@H]1N. The van der Waals surface area contributed by atoms with Gasteiger partial charge in [-0.05, 0) is 42.0 Å². The molecule has 1 saturated heterocycles. The standard InChI is InChI=1S/C19H26N4OS/c1-11-5-6-25-19(11)13-7-12-3-4-18(22-16(12)8-14(13)20)23-9-15(21)17(10-23)24-2/h3-6,13-15,17H,7-10,20-21H2,1-2H3/t13?,14?,15-,17-/m0/s1. The molecule has 5 nitrogen and oxygen atoms in total. The highest BCUT2D eigenvalue weighted by molar-refractivity contribution is 7.10. The van der Waals surface area contributed by atoms with Gasteiger partial charge in [-0.3, -0.25) is 0 Å². The van der Waals surface area contributed by atoms with Gasteiger partial charge in [0.05, 0.1) is 12.1 Å². The van der Waals surface area contributed by atoms with Crippen molar-refractivity contribution in [2.24, 2.45) is 11.5 Å². The summed E-state index contributed by atoms with van der Waals surface area (Å²) in [6, 6.07) is 6.70. The molecule has 2 aromatic rings. The Labute approximate surface area is 153 Å². The van der Waals surface area contributed by atoms with Crippen molar-refractivity contribution in [1.82, 2.24) is 4.98 Å². The number of ether oxygens (including phenoxy) is 1. The molecule has 3 heterocycles. The molecule has 2 unspecified atom stereocenters. The molecule has 0 radical (unpaired) electrons. The lowest BCUT2D eigenvalue weighted by atomic mass is 9.81. The summed E-state index contributed by atoms with van der Waals surface area (Å²) < 4.78 is 5.46. The van der Waals surface area contributed by atoms with E-state index in [4.69, 9.17) is 21.2 Å². The zero-order valence-corrected chi connectivity index (χ0v) is 15.6. The van der Waals surface area contributed by atoms with E-state index in [2.05, 4.69) is 35.4 Å². The Morgan fingerprint density at radius 2 is 2.00 bits per heavy atom. The maximum Gasteiger partial charge on any atom is 0.128 e. The quantitative estimate of drug-likeness (QED) is 0.875. The Morgan fingerprint density at radius 3 is 2.68 bits per heavy atom. The summed E-state index contributed by atoms with van der Waals surface area (Å²) in [5, 5.41) is 2.16. The summed E-state index contributed by atoms with van der Waals surface area (Å²) in [7, 11) is 1.72. The second kappa shape index (κ2) is 6.68. The molecule has 4 atom stereocenters. The van der Waals surface area contributed by atoms with Crippen molar-refractivity contribution in [3.63, 3.8) is 0 Å². The number of aromatic nitrogens is 1. The molecule has 1 aliphatic heterocycles. The Kier molecular flexibility index (Phi) is 4.54. The van der Waals surface area contributed by atoms with Crippen molar-refractivity contribution in [1.29, 1.82) is 0 Å². The van der Waals surface area contributed by atoms with Gasteiger partial charge >= 0.3 is 0 Å². The highest BCUT2D eigenvalue weighted by Crippen LogP contribution is 2.36. The van der Waals surface area contributed by atoms with Crippen molar-refractivity contribution in [2.75, 3.05) is 25.1 Å². The molecule has 0 bridgehead atoms. The van der Waals surface area contributed by atoms with Gasteiger partial charge in [-0.25, -0.2) is 4.98 Å². The van der Waals surface area contributed by atoms with E-state index in [1.165, 1.54) is 16.0 Å². The average Bonchev–Trinajstić information content (AvgIpc) is 3.19. The van der Waals surface area contributed by atoms with E-state index in [1.807, 2.05) is 11.3 Å². The molecule has 6 heteroatoms. The van der Waals surface area contributed by atoms with Gasteiger partial charge in [-0.2, -0.15) is 0 Å². The minimum absolute atomic E-state index is 0.0382. The molecule has 1 fully saturated rings. The van der Waals surface area contributed by atoms with Crippen LogP contribution in [0.2, 0.25) is 0 Å². The molecule has 0 amide bonds. The molecule has 4 rings (SSSR count). The molecule has 0 spiro atoms. The minimum atomic E-state index is 0.0382. The van der Waals surface area contributed by atoms with Crippen LogP contribution in [-0.2, 0) is 17.6 Å². The van der Waals surface area contributed by atoms with Crippen molar-refractivity contribution in [3.8, 4) is 0 Å². The van der Waals surface area contributed by atoms with Crippen molar-refractivity contribution in [3.05, 3.63) is 45.3 Å². The Morgan fingerprint density at radius 1 is 1.16 bits per heavy atom. The molecule has 25 heavy (non-hydrogen) atoms. The van der Waals surface area contributed by atoms with Crippen LogP contribution in [0, 0.1) is 6.92 Å². The number of hydrogen-bond donors (Lipinski definition) is 2. The topological polar surface area (TPSA) is 77.4 Å². The van der Waals surface area contributed by atoms with Crippen LogP contribution in [0.3, 0.4) is 0 Å². The van der Waals surface area contributed by atoms with Gasteiger partial charge in [0.15, 0.2) is 0 Å². The fraction of sp³-hybridized carbons (Fsp3) is 0.526. The largest absolute Gasteiger partial charge is 0.378 e. The van der Waals surface area contributed by atoms with Crippen LogP contribution < -0.4 is 16.4 Å². The van der Waals surface area contributed by atoms with Crippen LogP contribution in [0.15, 0.2) is 23.6 Å². The zero-order valence-electron chi connectivity index (χ0n) is 14.8. The van der Waals surface area contributed by atoms with Gasteiger partial charge < -0.3 is 21.1 Å². The average molecular weight is 359 g/mol. The Balaban J connectivity index is 1.57. The first-order chi connectivity index (χ1) is 12.1. The fourth-order valence-electron chi connectivity index (χ4n) is 4.10. The normalized spacial score (nSPS) is 29.0. The number of nitrogens with zero attached hydrogens (tertiary/aromatic N) is 2. The molecular weight excluding hydrogens is 332 g/mol. The van der Waals surface area contributed by atoms with Crippen LogP contribution >= 0.6 is 11.3 Å². The van der Waals surface area contributed by atoms with Crippen molar-refractivity contribution >= 4 is 17.2 Å². The second-order valence-corrected chi connectivity index (χ2v) is 8.21. The minimum Gasteiger partial charge on any atom is -0.378 e. The lowest BCUT2D eigenvalue weighted by Crippen LogP contribution is -2.36. The lowest BCUT2D eigenvalue weighted by molar-refractivity contribution is 0.108. The molecule has 2 aliphatic rings. The third-order valence-corrected chi connectivity index (χ3v) is 6.76. The van der Waals surface area contributed by atoms with E-state index in [0.29, 0.717) is 5.92 Å². The molecule has 0 aromatic carbocycles. The summed E-state index contributed by atoms with van der Waals surface area (Å²) in [5.41, 5.74) is 16.5. The van der Waals surface area contributed by atoms with Gasteiger partial charge in [-0.1, -0.05) is 6.07 Å². The van der Waals surface area contributed by atoms with E-state index >= 15 is 0 Å². The number of fused-ring (bicyclic) bond motifs is 1. The van der Waals surface area contributed by atoms with Gasteiger partial charge in [0.2, 0.25) is 0 Å². The molecule has 134 valence electrons. The van der Waals surface area contributed by atoms with Gasteiger partial charge in [-0.15, -0.1) is 11.3 Å². The molecule has 0 saturated carbocycles. The fourth-order valence-corrected chi connectivity index (χ4v) is 5.20. The predicted octanol–water partition coefficient (Wildman–Crippen LogP) is 1.82. The second-order valence-electron chi connectivity index (χ2n) is 7.26. The number of anilines is 1. The van der Waals surface area contributed by atoms with E-state index < -0.39 is 0 Å². The Bertz CT molecular complexity index is 762. The summed E-state index contributed by atoms with van der Waals surface area (Å²) >= 11 is 1.82. The van der Waals surface area contributed by atoms with Crippen molar-refractivity contribution in [2.45, 2.75) is 43.9 Å². The molecule has 4 N–H and O–H groups in total. The summed E-state index contributed by atoms with van der Waals surface area (Å²) in [6.07, 6.45) is 1.88. The van der Waals surface area contributed by atoms with Crippen LogP contribution in [0.25, 0.3) is 0 Å². The molecular formula is C19H26N4OS. The maximum atomic E-state index is 6.54. The summed E-state index contributed by atoms with van der Waals surface area (Å²) in [6.45, 7) is 3.76. The monoisotopic (exact) mass is 358 g/mol. The number of methoxy groups -OCH3 is 1. The molecule has 1 aliphatic carbocycles. The zero-order chi connectivity index (χ0) is 17.6. The lowest BCUT2D eigenvalue weighted by Gasteiger charge is -2.31. The number of rotatable bonds is 3. The maximum absolute atomic E-state index is 6.54. The highest BCUT2D eigenvalue weighted by Gasteiger charge is 2.33. The predicted molar refractivity (Wildman–Crippen MR) is 102 cm³/mol. The first-order valence-corrected chi connectivity index (χ1v) is 9.76. The van der Waals surface area contributed by atoms with Gasteiger partial charge in [0, 0.05) is 49.2 Å². The van der Waals surface area contributed by atoms with Crippen LogP contribution in [-0.4, -0.2) is 43.4 Å². The third kappa shape index (κ3) is 3.08. The van der Waals surface area contributed by atoms with E-state index in [9.17, 15) is 0 Å². The summed E-state index contributed by atoms with van der Waals surface area (Å²) in [4.78, 5) is 8.57. The number of thiophene rings is 1. The van der Waals surface area contributed by atoms with E-state index in [0.717, 1.165) is 37.4 Å². The number of aryl methyl sites for hydroxylation is 1. The highest BCUT2D eigenvalue weighted by atomic mass is 32.1. The molecule has 2 aromatic heterocycles. The van der Waals surface area contributed by atoms with E-state index in [-0.39, 0.29) is 18.2 Å². The van der Waals surface area contributed by atoms with E-state index in [1.54, 1.807) is 7.11 Å².